The Kier molecular flexibility index (Phi) is 3.59. The van der Waals surface area contributed by atoms with E-state index in [1.807, 2.05) is 43.3 Å². The number of carbonyl (C=O) groups is 1. The summed E-state index contributed by atoms with van der Waals surface area (Å²) in [5.74, 6) is 0.0918. The number of nitrogens with two attached hydrogens (primary N) is 1. The lowest BCUT2D eigenvalue weighted by molar-refractivity contribution is 0.0711. The van der Waals surface area contributed by atoms with Gasteiger partial charge in [0.25, 0.3) is 5.91 Å². The van der Waals surface area contributed by atoms with Crippen LogP contribution in [-0.2, 0) is 0 Å². The molecule has 1 fully saturated rings. The maximum atomic E-state index is 12.7. The summed E-state index contributed by atoms with van der Waals surface area (Å²) in [6.45, 7) is 1.76. The molecule has 3 rings (SSSR count). The number of amides is 1. The maximum absolute atomic E-state index is 12.7. The molecule has 5 heteroatoms. The number of aromatic nitrogens is 1. The van der Waals surface area contributed by atoms with Crippen molar-refractivity contribution in [2.45, 2.75) is 18.9 Å². The molecule has 1 aliphatic rings. The second-order valence-electron chi connectivity index (χ2n) is 6.09. The summed E-state index contributed by atoms with van der Waals surface area (Å²) in [6, 6.07) is 7.87. The predicted molar refractivity (Wildman–Crippen MR) is 85.3 cm³/mol. The quantitative estimate of drug-likeness (QED) is 0.847. The molecule has 1 aromatic heterocycles. The zero-order chi connectivity index (χ0) is 15.0. The van der Waals surface area contributed by atoms with E-state index in [-0.39, 0.29) is 5.91 Å². The average molecular weight is 286 g/mol. The molecule has 0 aliphatic carbocycles. The van der Waals surface area contributed by atoms with E-state index in [1.165, 1.54) is 0 Å². The van der Waals surface area contributed by atoms with Crippen LogP contribution < -0.4 is 5.73 Å². The number of benzene rings is 1. The molecule has 0 bridgehead atoms. The molecular weight excluding hydrogens is 264 g/mol. The highest BCUT2D eigenvalue weighted by molar-refractivity contribution is 5.98. The normalized spacial score (nSPS) is 18.8. The summed E-state index contributed by atoms with van der Waals surface area (Å²) in [5.41, 5.74) is 8.12. The van der Waals surface area contributed by atoms with Crippen molar-refractivity contribution < 1.29 is 4.79 Å². The van der Waals surface area contributed by atoms with E-state index in [0.717, 1.165) is 36.8 Å². The third-order valence-electron chi connectivity index (χ3n) is 4.09. The molecule has 0 saturated carbocycles. The van der Waals surface area contributed by atoms with Crippen molar-refractivity contribution in [3.63, 3.8) is 0 Å². The molecular formula is C16H22N4O. The van der Waals surface area contributed by atoms with E-state index in [1.54, 1.807) is 0 Å². The van der Waals surface area contributed by atoms with Crippen molar-refractivity contribution in [3.05, 3.63) is 30.0 Å². The van der Waals surface area contributed by atoms with E-state index in [4.69, 9.17) is 5.73 Å². The molecule has 0 spiro atoms. The molecule has 0 radical (unpaired) electrons. The maximum Gasteiger partial charge on any atom is 0.270 e. The summed E-state index contributed by atoms with van der Waals surface area (Å²) in [7, 11) is 4.10. The van der Waals surface area contributed by atoms with E-state index in [0.29, 0.717) is 17.4 Å². The van der Waals surface area contributed by atoms with Gasteiger partial charge in [0.15, 0.2) is 0 Å². The number of H-pyrrole nitrogens is 1. The zero-order valence-corrected chi connectivity index (χ0v) is 12.6. The summed E-state index contributed by atoms with van der Waals surface area (Å²) in [5, 5.41) is 0.988. The fraction of sp³-hybridized carbons (Fsp3) is 0.438. The van der Waals surface area contributed by atoms with Gasteiger partial charge >= 0.3 is 0 Å². The molecule has 112 valence electrons. The number of fused-ring (bicyclic) bond motifs is 1. The first kappa shape index (κ1) is 13.9. The van der Waals surface area contributed by atoms with Crippen molar-refractivity contribution in [2.75, 3.05) is 32.9 Å². The molecule has 1 amide bonds. The molecule has 1 aliphatic heterocycles. The number of nitrogens with zero attached hydrogens (tertiary/aromatic N) is 2. The summed E-state index contributed by atoms with van der Waals surface area (Å²) >= 11 is 0. The molecule has 5 nitrogen and oxygen atoms in total. The standard InChI is InChI=1S/C16H22N4O/c1-19(2)10-13-4-3-7-20(13)16(21)15-9-11-8-12(17)5-6-14(11)18-15/h5-6,8-9,13,18H,3-4,7,10,17H2,1-2H3. The van der Waals surface area contributed by atoms with Gasteiger partial charge in [0.2, 0.25) is 0 Å². The van der Waals surface area contributed by atoms with Gasteiger partial charge in [0.1, 0.15) is 5.69 Å². The van der Waals surface area contributed by atoms with Gasteiger partial charge in [0, 0.05) is 35.7 Å². The van der Waals surface area contributed by atoms with Crippen LogP contribution in [0.25, 0.3) is 10.9 Å². The fourth-order valence-corrected chi connectivity index (χ4v) is 3.14. The Labute approximate surface area is 124 Å². The molecule has 1 unspecified atom stereocenters. The number of anilines is 1. The number of nitrogen functional groups attached to an aromatic ring is 1. The predicted octanol–water partition coefficient (Wildman–Crippen LogP) is 1.92. The van der Waals surface area contributed by atoms with E-state index < -0.39 is 0 Å². The van der Waals surface area contributed by atoms with E-state index >= 15 is 0 Å². The number of nitrogens with one attached hydrogen (secondary N) is 1. The lowest BCUT2D eigenvalue weighted by Crippen LogP contribution is -2.41. The highest BCUT2D eigenvalue weighted by atomic mass is 16.2. The number of rotatable bonds is 3. The number of carbonyl (C=O) groups excluding carboxylic acids is 1. The molecule has 1 atom stereocenters. The second-order valence-corrected chi connectivity index (χ2v) is 6.09. The van der Waals surface area contributed by atoms with Crippen molar-refractivity contribution in [1.82, 2.24) is 14.8 Å². The van der Waals surface area contributed by atoms with Crippen LogP contribution in [0.5, 0.6) is 0 Å². The van der Waals surface area contributed by atoms with Crippen LogP contribution in [0.2, 0.25) is 0 Å². The first-order valence-electron chi connectivity index (χ1n) is 7.38. The van der Waals surface area contributed by atoms with Gasteiger partial charge in [-0.15, -0.1) is 0 Å². The first-order valence-corrected chi connectivity index (χ1v) is 7.38. The van der Waals surface area contributed by atoms with Crippen LogP contribution in [0.4, 0.5) is 5.69 Å². The summed E-state index contributed by atoms with van der Waals surface area (Å²) < 4.78 is 0. The molecule has 2 aromatic rings. The minimum absolute atomic E-state index is 0.0918. The van der Waals surface area contributed by atoms with Crippen LogP contribution in [0.15, 0.2) is 24.3 Å². The average Bonchev–Trinajstić information content (AvgIpc) is 3.03. The molecule has 21 heavy (non-hydrogen) atoms. The number of likely N-dealkylation sites (tertiary alicyclic amines) is 1. The fourth-order valence-electron chi connectivity index (χ4n) is 3.14. The lowest BCUT2D eigenvalue weighted by atomic mass is 10.2. The first-order chi connectivity index (χ1) is 10.0. The zero-order valence-electron chi connectivity index (χ0n) is 12.6. The Bertz CT molecular complexity index is 661. The highest BCUT2D eigenvalue weighted by Crippen LogP contribution is 2.23. The Morgan fingerprint density at radius 1 is 1.43 bits per heavy atom. The molecule has 1 saturated heterocycles. The number of hydrogen-bond donors (Lipinski definition) is 2. The van der Waals surface area contributed by atoms with Gasteiger partial charge < -0.3 is 20.5 Å². The van der Waals surface area contributed by atoms with E-state index in [9.17, 15) is 4.79 Å². The van der Waals surface area contributed by atoms with Crippen molar-refractivity contribution in [1.29, 1.82) is 0 Å². The minimum atomic E-state index is 0.0918. The van der Waals surface area contributed by atoms with Gasteiger partial charge in [-0.25, -0.2) is 0 Å². The van der Waals surface area contributed by atoms with Gasteiger partial charge in [-0.3, -0.25) is 4.79 Å². The summed E-state index contributed by atoms with van der Waals surface area (Å²) in [6.07, 6.45) is 2.16. The van der Waals surface area contributed by atoms with Gasteiger partial charge in [-0.2, -0.15) is 0 Å². The topological polar surface area (TPSA) is 65.4 Å². The van der Waals surface area contributed by atoms with Gasteiger partial charge in [-0.1, -0.05) is 0 Å². The van der Waals surface area contributed by atoms with Gasteiger partial charge in [0.05, 0.1) is 0 Å². The van der Waals surface area contributed by atoms with Crippen LogP contribution >= 0.6 is 0 Å². The minimum Gasteiger partial charge on any atom is -0.399 e. The lowest BCUT2D eigenvalue weighted by Gasteiger charge is -2.26. The Morgan fingerprint density at radius 2 is 2.24 bits per heavy atom. The van der Waals surface area contributed by atoms with Crippen molar-refractivity contribution in [3.8, 4) is 0 Å². The third kappa shape index (κ3) is 2.74. The monoisotopic (exact) mass is 286 g/mol. The van der Waals surface area contributed by atoms with Crippen LogP contribution in [0.1, 0.15) is 23.3 Å². The third-order valence-corrected chi connectivity index (χ3v) is 4.09. The number of hydrogen-bond acceptors (Lipinski definition) is 3. The van der Waals surface area contributed by atoms with Crippen molar-refractivity contribution in [2.24, 2.45) is 0 Å². The molecule has 2 heterocycles. The van der Waals surface area contributed by atoms with Crippen LogP contribution in [-0.4, -0.2) is 53.9 Å². The SMILES string of the molecule is CN(C)CC1CCCN1C(=O)c1cc2cc(N)ccc2[nH]1. The second kappa shape index (κ2) is 5.41. The Morgan fingerprint density at radius 3 is 3.00 bits per heavy atom. The largest absolute Gasteiger partial charge is 0.399 e. The molecule has 3 N–H and O–H groups in total. The van der Waals surface area contributed by atoms with Crippen molar-refractivity contribution >= 4 is 22.5 Å². The molecule has 1 aromatic carbocycles. The highest BCUT2D eigenvalue weighted by Gasteiger charge is 2.30. The number of aromatic amines is 1. The van der Waals surface area contributed by atoms with Gasteiger partial charge in [-0.05, 0) is 51.2 Å². The van der Waals surface area contributed by atoms with Crippen LogP contribution in [0, 0.1) is 0 Å². The smallest absolute Gasteiger partial charge is 0.270 e. The van der Waals surface area contributed by atoms with E-state index in [2.05, 4.69) is 9.88 Å². The summed E-state index contributed by atoms with van der Waals surface area (Å²) in [4.78, 5) is 20.1. The van der Waals surface area contributed by atoms with Crippen LogP contribution in [0.3, 0.4) is 0 Å². The Balaban J connectivity index is 1.85. The number of likely N-dealkylation sites (N-methyl/N-ethyl adjacent to an activating group) is 1. The Hall–Kier alpha value is -2.01.